The molecule has 4 heteroatoms. The van der Waals surface area contributed by atoms with Crippen LogP contribution in [-0.2, 0) is 9.59 Å². The molecule has 4 nitrogen and oxygen atoms in total. The van der Waals surface area contributed by atoms with Crippen molar-refractivity contribution in [3.8, 4) is 0 Å². The first-order valence-corrected chi connectivity index (χ1v) is 8.65. The molecular weight excluding hydrogens is 312 g/mol. The van der Waals surface area contributed by atoms with Gasteiger partial charge < -0.3 is 10.6 Å². The molecule has 2 rings (SSSR count). The van der Waals surface area contributed by atoms with Gasteiger partial charge in [-0.05, 0) is 50.5 Å². The van der Waals surface area contributed by atoms with Crippen LogP contribution in [0.15, 0.2) is 48.5 Å². The van der Waals surface area contributed by atoms with Crippen molar-refractivity contribution in [2.45, 2.75) is 40.0 Å². The maximum Gasteiger partial charge on any atom is 0.224 e. The van der Waals surface area contributed by atoms with E-state index in [9.17, 15) is 9.59 Å². The summed E-state index contributed by atoms with van der Waals surface area (Å²) in [6.45, 7) is 6.01. The molecule has 0 aliphatic rings. The number of carbonyl (C=O) groups is 2. The van der Waals surface area contributed by atoms with Gasteiger partial charge in [-0.2, -0.15) is 0 Å². The van der Waals surface area contributed by atoms with Crippen LogP contribution in [0.3, 0.4) is 0 Å². The van der Waals surface area contributed by atoms with E-state index in [1.54, 1.807) is 0 Å². The topological polar surface area (TPSA) is 58.2 Å². The van der Waals surface area contributed by atoms with E-state index in [0.717, 1.165) is 22.5 Å². The Labute approximate surface area is 149 Å². The van der Waals surface area contributed by atoms with Crippen molar-refractivity contribution in [3.05, 3.63) is 59.7 Å². The smallest absolute Gasteiger partial charge is 0.224 e. The average molecular weight is 338 g/mol. The van der Waals surface area contributed by atoms with E-state index in [2.05, 4.69) is 10.6 Å². The minimum Gasteiger partial charge on any atom is -0.326 e. The third kappa shape index (κ3) is 6.79. The molecule has 2 aromatic carbocycles. The highest BCUT2D eigenvalue weighted by atomic mass is 16.2. The van der Waals surface area contributed by atoms with E-state index < -0.39 is 0 Å². The summed E-state index contributed by atoms with van der Waals surface area (Å²) in [5, 5.41) is 5.78. The molecule has 0 bridgehead atoms. The van der Waals surface area contributed by atoms with Gasteiger partial charge in [0.25, 0.3) is 0 Å². The minimum atomic E-state index is -0.0188. The van der Waals surface area contributed by atoms with Gasteiger partial charge >= 0.3 is 0 Å². The summed E-state index contributed by atoms with van der Waals surface area (Å²) in [7, 11) is 0. The van der Waals surface area contributed by atoms with E-state index >= 15 is 0 Å². The third-order valence-corrected chi connectivity index (χ3v) is 4.07. The van der Waals surface area contributed by atoms with Gasteiger partial charge in [-0.25, -0.2) is 0 Å². The highest BCUT2D eigenvalue weighted by Gasteiger charge is 2.12. The third-order valence-electron chi connectivity index (χ3n) is 4.07. The zero-order valence-electron chi connectivity index (χ0n) is 15.1. The number of anilines is 2. The zero-order valence-corrected chi connectivity index (χ0v) is 15.1. The van der Waals surface area contributed by atoms with Crippen molar-refractivity contribution < 1.29 is 9.59 Å². The van der Waals surface area contributed by atoms with Crippen molar-refractivity contribution >= 4 is 23.2 Å². The maximum atomic E-state index is 12.1. The van der Waals surface area contributed by atoms with Gasteiger partial charge in [-0.3, -0.25) is 9.59 Å². The lowest BCUT2D eigenvalue weighted by Crippen LogP contribution is -2.17. The predicted molar refractivity (Wildman–Crippen MR) is 103 cm³/mol. The Bertz CT molecular complexity index is 706. The first-order chi connectivity index (χ1) is 11.9. The van der Waals surface area contributed by atoms with Gasteiger partial charge in [-0.1, -0.05) is 42.3 Å². The molecule has 0 spiro atoms. The molecule has 0 radical (unpaired) electrons. The first kappa shape index (κ1) is 18.7. The van der Waals surface area contributed by atoms with Crippen molar-refractivity contribution in [1.82, 2.24) is 0 Å². The number of benzene rings is 2. The fraction of sp³-hybridized carbons (Fsp3) is 0.333. The SMILES string of the molecule is Cc1ccc(NC(=O)CC[C@@H](C)CC(=O)Nc2ccc(C)cc2)cc1. The molecule has 0 fully saturated rings. The largest absolute Gasteiger partial charge is 0.326 e. The summed E-state index contributed by atoms with van der Waals surface area (Å²) in [6, 6.07) is 15.4. The maximum absolute atomic E-state index is 12.1. The summed E-state index contributed by atoms with van der Waals surface area (Å²) in [5.41, 5.74) is 3.93. The summed E-state index contributed by atoms with van der Waals surface area (Å²) in [4.78, 5) is 24.1. The second-order valence-electron chi connectivity index (χ2n) is 6.68. The Hall–Kier alpha value is -2.62. The standard InChI is InChI=1S/C21H26N2O2/c1-15-4-9-18(10-5-15)22-20(24)13-8-17(3)14-21(25)23-19-11-6-16(2)7-12-19/h4-7,9-12,17H,8,13-14H2,1-3H3,(H,22,24)(H,23,25)/t17-/m1/s1. The number of carbonyl (C=O) groups excluding carboxylic acids is 2. The first-order valence-electron chi connectivity index (χ1n) is 8.65. The van der Waals surface area contributed by atoms with Gasteiger partial charge in [-0.15, -0.1) is 0 Å². The van der Waals surface area contributed by atoms with E-state index in [0.29, 0.717) is 19.3 Å². The van der Waals surface area contributed by atoms with Crippen molar-refractivity contribution in [2.24, 2.45) is 5.92 Å². The molecular formula is C21H26N2O2. The molecule has 0 heterocycles. The summed E-state index contributed by atoms with van der Waals surface area (Å²) in [5.74, 6) is 0.110. The van der Waals surface area contributed by atoms with Gasteiger partial charge in [0.05, 0.1) is 0 Å². The number of amides is 2. The lowest BCUT2D eigenvalue weighted by atomic mass is 10.0. The normalized spacial score (nSPS) is 11.6. The number of rotatable bonds is 7. The molecule has 25 heavy (non-hydrogen) atoms. The van der Waals surface area contributed by atoms with Crippen LogP contribution in [0, 0.1) is 19.8 Å². The van der Waals surface area contributed by atoms with Gasteiger partial charge in [0.2, 0.25) is 11.8 Å². The van der Waals surface area contributed by atoms with E-state index in [4.69, 9.17) is 0 Å². The average Bonchev–Trinajstić information content (AvgIpc) is 2.57. The van der Waals surface area contributed by atoms with Crippen molar-refractivity contribution in [3.63, 3.8) is 0 Å². The van der Waals surface area contributed by atoms with Crippen LogP contribution in [0.4, 0.5) is 11.4 Å². The van der Waals surface area contributed by atoms with Crippen LogP contribution >= 0.6 is 0 Å². The minimum absolute atomic E-state index is 0.0182. The summed E-state index contributed by atoms with van der Waals surface area (Å²) < 4.78 is 0. The van der Waals surface area contributed by atoms with Crippen LogP contribution in [0.1, 0.15) is 37.3 Å². The number of hydrogen-bond donors (Lipinski definition) is 2. The molecule has 132 valence electrons. The molecule has 2 aromatic rings. The zero-order chi connectivity index (χ0) is 18.2. The van der Waals surface area contributed by atoms with Crippen LogP contribution < -0.4 is 10.6 Å². The Morgan fingerprint density at radius 2 is 1.24 bits per heavy atom. The molecule has 0 aromatic heterocycles. The Morgan fingerprint density at radius 1 is 0.800 bits per heavy atom. The van der Waals surface area contributed by atoms with Crippen molar-refractivity contribution in [1.29, 1.82) is 0 Å². The van der Waals surface area contributed by atoms with Gasteiger partial charge in [0, 0.05) is 24.2 Å². The van der Waals surface area contributed by atoms with Crippen LogP contribution in [0.25, 0.3) is 0 Å². The lowest BCUT2D eigenvalue weighted by molar-refractivity contribution is -0.118. The van der Waals surface area contributed by atoms with Crippen LogP contribution in [0.2, 0.25) is 0 Å². The number of nitrogens with one attached hydrogen (secondary N) is 2. The molecule has 2 N–H and O–H groups in total. The monoisotopic (exact) mass is 338 g/mol. The predicted octanol–water partition coefficient (Wildman–Crippen LogP) is 4.69. The highest BCUT2D eigenvalue weighted by molar-refractivity contribution is 5.91. The molecule has 0 saturated carbocycles. The number of aryl methyl sites for hydroxylation is 2. The fourth-order valence-corrected chi connectivity index (χ4v) is 2.51. The molecule has 0 aliphatic heterocycles. The van der Waals surface area contributed by atoms with Gasteiger partial charge in [0.15, 0.2) is 0 Å². The second-order valence-corrected chi connectivity index (χ2v) is 6.68. The van der Waals surface area contributed by atoms with Crippen LogP contribution in [-0.4, -0.2) is 11.8 Å². The second kappa shape index (κ2) is 9.02. The van der Waals surface area contributed by atoms with E-state index in [-0.39, 0.29) is 17.7 Å². The van der Waals surface area contributed by atoms with E-state index in [1.807, 2.05) is 69.3 Å². The van der Waals surface area contributed by atoms with Gasteiger partial charge in [0.1, 0.15) is 0 Å². The summed E-state index contributed by atoms with van der Waals surface area (Å²) >= 11 is 0. The Morgan fingerprint density at radius 3 is 1.72 bits per heavy atom. The summed E-state index contributed by atoms with van der Waals surface area (Å²) in [6.07, 6.45) is 1.50. The Balaban J connectivity index is 1.71. The van der Waals surface area contributed by atoms with Crippen LogP contribution in [0.5, 0.6) is 0 Å². The van der Waals surface area contributed by atoms with Crippen molar-refractivity contribution in [2.75, 3.05) is 10.6 Å². The number of hydrogen-bond acceptors (Lipinski definition) is 2. The molecule has 0 saturated heterocycles. The molecule has 0 aliphatic carbocycles. The fourth-order valence-electron chi connectivity index (χ4n) is 2.51. The molecule has 0 unspecified atom stereocenters. The quantitative estimate of drug-likeness (QED) is 0.769. The highest BCUT2D eigenvalue weighted by Crippen LogP contribution is 2.15. The van der Waals surface area contributed by atoms with E-state index in [1.165, 1.54) is 0 Å². The molecule has 2 amide bonds. The lowest BCUT2D eigenvalue weighted by Gasteiger charge is -2.12. The Kier molecular flexibility index (Phi) is 6.75. The molecule has 1 atom stereocenters.